The third kappa shape index (κ3) is 1.69. The topological polar surface area (TPSA) is 38.0 Å². The fourth-order valence-electron chi connectivity index (χ4n) is 2.20. The summed E-state index contributed by atoms with van der Waals surface area (Å²) in [6.07, 6.45) is 7.65. The van der Waals surface area contributed by atoms with Crippen molar-refractivity contribution in [3.8, 4) is 0 Å². The maximum Gasteiger partial charge on any atom is 0.0492 e. The van der Waals surface area contributed by atoms with Gasteiger partial charge >= 0.3 is 0 Å². The summed E-state index contributed by atoms with van der Waals surface area (Å²) in [5, 5.41) is 13.5. The highest BCUT2D eigenvalue weighted by Gasteiger charge is 2.35. The van der Waals surface area contributed by atoms with Crippen molar-refractivity contribution in [2.24, 2.45) is 12.5 Å². The van der Waals surface area contributed by atoms with Gasteiger partial charge in [-0.15, -0.1) is 0 Å². The standard InChI is InChI=1S/C11H18N2O/c1-13-10(4-8-12-13)3-7-11(9-14)5-2-6-11/h4,8,14H,2-3,5-7,9H2,1H3. The van der Waals surface area contributed by atoms with Gasteiger partial charge in [-0.3, -0.25) is 4.68 Å². The first-order valence-electron chi connectivity index (χ1n) is 5.34. The van der Waals surface area contributed by atoms with Crippen LogP contribution in [-0.4, -0.2) is 21.5 Å². The second-order valence-electron chi connectivity index (χ2n) is 4.46. The molecule has 0 amide bonds. The quantitative estimate of drug-likeness (QED) is 0.789. The Morgan fingerprint density at radius 3 is 2.79 bits per heavy atom. The van der Waals surface area contributed by atoms with Crippen LogP contribution in [0.25, 0.3) is 0 Å². The maximum atomic E-state index is 9.31. The number of aryl methyl sites for hydroxylation is 2. The van der Waals surface area contributed by atoms with Gasteiger partial charge in [0.2, 0.25) is 0 Å². The van der Waals surface area contributed by atoms with E-state index in [4.69, 9.17) is 0 Å². The Hall–Kier alpha value is -0.830. The van der Waals surface area contributed by atoms with Crippen LogP contribution in [0.2, 0.25) is 0 Å². The predicted molar refractivity (Wildman–Crippen MR) is 54.9 cm³/mol. The van der Waals surface area contributed by atoms with Crippen LogP contribution < -0.4 is 0 Å². The Bertz CT molecular complexity index is 296. The molecule has 1 aromatic heterocycles. The number of rotatable bonds is 4. The summed E-state index contributed by atoms with van der Waals surface area (Å²) >= 11 is 0. The van der Waals surface area contributed by atoms with Crippen molar-refractivity contribution >= 4 is 0 Å². The number of aliphatic hydroxyl groups excluding tert-OH is 1. The number of hydrogen-bond donors (Lipinski definition) is 1. The van der Waals surface area contributed by atoms with Gasteiger partial charge in [0.25, 0.3) is 0 Å². The molecule has 3 nitrogen and oxygen atoms in total. The second-order valence-corrected chi connectivity index (χ2v) is 4.46. The summed E-state index contributed by atoms with van der Waals surface area (Å²) in [4.78, 5) is 0. The molecule has 0 radical (unpaired) electrons. The van der Waals surface area contributed by atoms with Gasteiger partial charge in [-0.25, -0.2) is 0 Å². The SMILES string of the molecule is Cn1nccc1CCC1(CO)CCC1. The molecule has 0 aromatic carbocycles. The Balaban J connectivity index is 1.90. The monoisotopic (exact) mass is 194 g/mol. The first-order chi connectivity index (χ1) is 6.76. The van der Waals surface area contributed by atoms with E-state index in [1.807, 2.05) is 17.9 Å². The lowest BCUT2D eigenvalue weighted by Gasteiger charge is -2.40. The molecule has 1 heterocycles. The van der Waals surface area contributed by atoms with Crippen molar-refractivity contribution in [1.29, 1.82) is 0 Å². The minimum Gasteiger partial charge on any atom is -0.396 e. The summed E-state index contributed by atoms with van der Waals surface area (Å²) in [5.74, 6) is 0. The number of aliphatic hydroxyl groups is 1. The number of aromatic nitrogens is 2. The average molecular weight is 194 g/mol. The molecule has 1 aromatic rings. The highest BCUT2D eigenvalue weighted by atomic mass is 16.3. The zero-order chi connectivity index (χ0) is 10.0. The molecule has 0 saturated heterocycles. The van der Waals surface area contributed by atoms with Crippen molar-refractivity contribution in [2.75, 3.05) is 6.61 Å². The van der Waals surface area contributed by atoms with Gasteiger partial charge in [0.05, 0.1) is 0 Å². The van der Waals surface area contributed by atoms with E-state index in [2.05, 4.69) is 11.2 Å². The minimum absolute atomic E-state index is 0.240. The first kappa shape index (κ1) is 9.71. The van der Waals surface area contributed by atoms with Crippen LogP contribution in [0.4, 0.5) is 0 Å². The molecule has 0 atom stereocenters. The molecule has 1 aliphatic carbocycles. The van der Waals surface area contributed by atoms with Gasteiger partial charge in [-0.2, -0.15) is 5.10 Å². The fourth-order valence-corrected chi connectivity index (χ4v) is 2.20. The van der Waals surface area contributed by atoms with Crippen LogP contribution in [0, 0.1) is 5.41 Å². The van der Waals surface area contributed by atoms with Gasteiger partial charge in [0.1, 0.15) is 0 Å². The molecule has 1 saturated carbocycles. The van der Waals surface area contributed by atoms with Crippen LogP contribution >= 0.6 is 0 Å². The smallest absolute Gasteiger partial charge is 0.0492 e. The van der Waals surface area contributed by atoms with Gasteiger partial charge in [0.15, 0.2) is 0 Å². The van der Waals surface area contributed by atoms with Crippen molar-refractivity contribution in [3.63, 3.8) is 0 Å². The average Bonchev–Trinajstić information content (AvgIpc) is 2.51. The predicted octanol–water partition coefficient (Wildman–Crippen LogP) is 1.52. The van der Waals surface area contributed by atoms with Crippen LogP contribution in [0.3, 0.4) is 0 Å². The molecule has 1 N–H and O–H groups in total. The Kier molecular flexibility index (Phi) is 2.59. The third-order valence-electron chi connectivity index (χ3n) is 3.58. The number of hydrogen-bond acceptors (Lipinski definition) is 2. The van der Waals surface area contributed by atoms with Gasteiger partial charge in [-0.05, 0) is 37.2 Å². The van der Waals surface area contributed by atoms with Gasteiger partial charge in [0, 0.05) is 25.5 Å². The van der Waals surface area contributed by atoms with E-state index in [1.165, 1.54) is 25.0 Å². The molecule has 14 heavy (non-hydrogen) atoms. The molecule has 3 heteroatoms. The van der Waals surface area contributed by atoms with Crippen molar-refractivity contribution in [3.05, 3.63) is 18.0 Å². The lowest BCUT2D eigenvalue weighted by Crippen LogP contribution is -2.33. The highest BCUT2D eigenvalue weighted by Crippen LogP contribution is 2.44. The normalized spacial score (nSPS) is 19.3. The summed E-state index contributed by atoms with van der Waals surface area (Å²) in [6.45, 7) is 0.352. The zero-order valence-corrected chi connectivity index (χ0v) is 8.74. The molecule has 0 bridgehead atoms. The van der Waals surface area contributed by atoms with E-state index in [-0.39, 0.29) is 5.41 Å². The van der Waals surface area contributed by atoms with Crippen LogP contribution in [0.1, 0.15) is 31.4 Å². The second kappa shape index (κ2) is 3.73. The molecular weight excluding hydrogens is 176 g/mol. The van der Waals surface area contributed by atoms with E-state index in [1.54, 1.807) is 0 Å². The lowest BCUT2D eigenvalue weighted by molar-refractivity contribution is 0.0360. The summed E-state index contributed by atoms with van der Waals surface area (Å²) in [6, 6.07) is 2.06. The molecular formula is C11H18N2O. The Labute approximate surface area is 84.7 Å². The Morgan fingerprint density at radius 1 is 1.57 bits per heavy atom. The van der Waals surface area contributed by atoms with E-state index in [0.29, 0.717) is 6.61 Å². The summed E-state index contributed by atoms with van der Waals surface area (Å²) < 4.78 is 1.92. The molecule has 0 aliphatic heterocycles. The van der Waals surface area contributed by atoms with E-state index in [9.17, 15) is 5.11 Å². The van der Waals surface area contributed by atoms with E-state index >= 15 is 0 Å². The van der Waals surface area contributed by atoms with Gasteiger partial charge in [-0.1, -0.05) is 6.42 Å². The minimum atomic E-state index is 0.240. The lowest BCUT2D eigenvalue weighted by atomic mass is 9.66. The number of nitrogens with zero attached hydrogens (tertiary/aromatic N) is 2. The molecule has 0 unspecified atom stereocenters. The molecule has 1 aliphatic rings. The summed E-state index contributed by atoms with van der Waals surface area (Å²) in [7, 11) is 1.97. The van der Waals surface area contributed by atoms with Crippen LogP contribution in [-0.2, 0) is 13.5 Å². The van der Waals surface area contributed by atoms with Crippen LogP contribution in [0.15, 0.2) is 12.3 Å². The molecule has 78 valence electrons. The van der Waals surface area contributed by atoms with Crippen LogP contribution in [0.5, 0.6) is 0 Å². The largest absolute Gasteiger partial charge is 0.396 e. The first-order valence-corrected chi connectivity index (χ1v) is 5.34. The molecule has 2 rings (SSSR count). The Morgan fingerprint density at radius 2 is 2.36 bits per heavy atom. The maximum absolute atomic E-state index is 9.31. The molecule has 1 fully saturated rings. The van der Waals surface area contributed by atoms with Crippen molar-refractivity contribution in [1.82, 2.24) is 9.78 Å². The van der Waals surface area contributed by atoms with E-state index < -0.39 is 0 Å². The van der Waals surface area contributed by atoms with Crippen molar-refractivity contribution in [2.45, 2.75) is 32.1 Å². The summed E-state index contributed by atoms with van der Waals surface area (Å²) in [5.41, 5.74) is 1.51. The van der Waals surface area contributed by atoms with Gasteiger partial charge < -0.3 is 5.11 Å². The van der Waals surface area contributed by atoms with Crippen molar-refractivity contribution < 1.29 is 5.11 Å². The highest BCUT2D eigenvalue weighted by molar-refractivity contribution is 5.02. The zero-order valence-electron chi connectivity index (χ0n) is 8.74. The third-order valence-corrected chi connectivity index (χ3v) is 3.58. The fraction of sp³-hybridized carbons (Fsp3) is 0.727. The van der Waals surface area contributed by atoms with E-state index in [0.717, 1.165) is 12.8 Å². The molecule has 0 spiro atoms.